The summed E-state index contributed by atoms with van der Waals surface area (Å²) in [6.45, 7) is 2.14. The van der Waals surface area contributed by atoms with Gasteiger partial charge in [-0.3, -0.25) is 0 Å². The fourth-order valence-corrected chi connectivity index (χ4v) is 1.74. The maximum absolute atomic E-state index is 10.5. The van der Waals surface area contributed by atoms with Gasteiger partial charge in [-0.05, 0) is 36.1 Å². The number of carboxylic acid groups (broad SMARTS) is 1. The summed E-state index contributed by atoms with van der Waals surface area (Å²) in [5.41, 5.74) is 2.24. The fraction of sp³-hybridized carbons (Fsp3) is 0.312. The Balaban J connectivity index is 2.91. The molecule has 0 atom stereocenters. The molecule has 1 rings (SSSR count). The predicted molar refractivity (Wildman–Crippen MR) is 77.3 cm³/mol. The maximum atomic E-state index is 10.5. The Morgan fingerprint density at radius 3 is 2.53 bits per heavy atom. The van der Waals surface area contributed by atoms with Crippen LogP contribution in [0.15, 0.2) is 42.5 Å². The van der Waals surface area contributed by atoms with Crippen LogP contribution in [0.2, 0.25) is 0 Å². The third kappa shape index (κ3) is 5.42. The SMILES string of the molecule is CCCCC(=CC=CC(=O)O)c1ccc(OC)cc1. The van der Waals surface area contributed by atoms with Crippen LogP contribution in [0.1, 0.15) is 31.7 Å². The first-order valence-corrected chi connectivity index (χ1v) is 6.42. The third-order valence-corrected chi connectivity index (χ3v) is 2.80. The van der Waals surface area contributed by atoms with Crippen molar-refractivity contribution in [2.24, 2.45) is 0 Å². The van der Waals surface area contributed by atoms with E-state index >= 15 is 0 Å². The fourth-order valence-electron chi connectivity index (χ4n) is 1.74. The molecule has 0 unspecified atom stereocenters. The Morgan fingerprint density at radius 1 is 1.32 bits per heavy atom. The Labute approximate surface area is 114 Å². The van der Waals surface area contributed by atoms with Crippen molar-refractivity contribution >= 4 is 11.5 Å². The lowest BCUT2D eigenvalue weighted by Crippen LogP contribution is -1.88. The minimum absolute atomic E-state index is 0.819. The van der Waals surface area contributed by atoms with Gasteiger partial charge >= 0.3 is 5.97 Å². The number of rotatable bonds is 7. The second-order valence-electron chi connectivity index (χ2n) is 4.22. The normalized spacial score (nSPS) is 11.8. The number of hydrogen-bond acceptors (Lipinski definition) is 2. The summed E-state index contributed by atoms with van der Waals surface area (Å²) in [4.78, 5) is 10.5. The van der Waals surface area contributed by atoms with Gasteiger partial charge in [0.05, 0.1) is 7.11 Å². The van der Waals surface area contributed by atoms with Gasteiger partial charge in [0.15, 0.2) is 0 Å². The molecule has 102 valence electrons. The maximum Gasteiger partial charge on any atom is 0.328 e. The van der Waals surface area contributed by atoms with E-state index in [9.17, 15) is 4.79 Å². The summed E-state index contributed by atoms with van der Waals surface area (Å²) >= 11 is 0. The van der Waals surface area contributed by atoms with Gasteiger partial charge in [0.2, 0.25) is 0 Å². The van der Waals surface area contributed by atoms with Gasteiger partial charge < -0.3 is 9.84 Å². The molecule has 0 saturated carbocycles. The summed E-state index contributed by atoms with van der Waals surface area (Å²) in [5.74, 6) is -0.111. The highest BCUT2D eigenvalue weighted by Gasteiger charge is 2.01. The molecule has 3 heteroatoms. The lowest BCUT2D eigenvalue weighted by molar-refractivity contribution is -0.131. The third-order valence-electron chi connectivity index (χ3n) is 2.80. The summed E-state index contributed by atoms with van der Waals surface area (Å²) in [7, 11) is 1.64. The zero-order valence-corrected chi connectivity index (χ0v) is 11.4. The van der Waals surface area contributed by atoms with E-state index in [2.05, 4.69) is 6.92 Å². The van der Waals surface area contributed by atoms with Crippen LogP contribution in [-0.4, -0.2) is 18.2 Å². The van der Waals surface area contributed by atoms with Gasteiger partial charge in [0.25, 0.3) is 0 Å². The molecular formula is C16H20O3. The highest BCUT2D eigenvalue weighted by Crippen LogP contribution is 2.23. The van der Waals surface area contributed by atoms with Crippen LogP contribution in [0.25, 0.3) is 5.57 Å². The van der Waals surface area contributed by atoms with Gasteiger partial charge in [-0.15, -0.1) is 0 Å². The number of carboxylic acids is 1. The smallest absolute Gasteiger partial charge is 0.328 e. The number of methoxy groups -OCH3 is 1. The van der Waals surface area contributed by atoms with Crippen LogP contribution < -0.4 is 4.74 Å². The van der Waals surface area contributed by atoms with Crippen LogP contribution >= 0.6 is 0 Å². The Morgan fingerprint density at radius 2 is 2.00 bits per heavy atom. The molecule has 0 aromatic heterocycles. The highest BCUT2D eigenvalue weighted by atomic mass is 16.5. The molecule has 0 fully saturated rings. The lowest BCUT2D eigenvalue weighted by Gasteiger charge is -2.07. The highest BCUT2D eigenvalue weighted by molar-refractivity contribution is 5.81. The number of hydrogen-bond donors (Lipinski definition) is 1. The molecule has 0 heterocycles. The first-order valence-electron chi connectivity index (χ1n) is 6.42. The van der Waals surface area contributed by atoms with Crippen molar-refractivity contribution in [1.29, 1.82) is 0 Å². The van der Waals surface area contributed by atoms with E-state index in [0.29, 0.717) is 0 Å². The Bertz CT molecular complexity index is 455. The number of allylic oxidation sites excluding steroid dienone is 3. The molecule has 0 aliphatic carbocycles. The van der Waals surface area contributed by atoms with Gasteiger partial charge in [0.1, 0.15) is 5.75 Å². The number of carbonyl (C=O) groups is 1. The summed E-state index contributed by atoms with van der Waals surface area (Å²) in [5, 5.41) is 8.61. The molecule has 0 saturated heterocycles. The zero-order valence-electron chi connectivity index (χ0n) is 11.4. The number of aliphatic carboxylic acids is 1. The quantitative estimate of drug-likeness (QED) is 0.597. The van der Waals surface area contributed by atoms with Crippen LogP contribution in [0.3, 0.4) is 0 Å². The van der Waals surface area contributed by atoms with E-state index in [1.807, 2.05) is 30.3 Å². The van der Waals surface area contributed by atoms with E-state index in [-0.39, 0.29) is 0 Å². The van der Waals surface area contributed by atoms with E-state index in [0.717, 1.165) is 42.2 Å². The van der Waals surface area contributed by atoms with Crippen molar-refractivity contribution in [2.75, 3.05) is 7.11 Å². The molecule has 1 N–H and O–H groups in total. The van der Waals surface area contributed by atoms with Gasteiger partial charge in [-0.25, -0.2) is 4.79 Å². The van der Waals surface area contributed by atoms with Crippen molar-refractivity contribution in [2.45, 2.75) is 26.2 Å². The van der Waals surface area contributed by atoms with Crippen molar-refractivity contribution in [3.63, 3.8) is 0 Å². The molecule has 1 aromatic rings. The largest absolute Gasteiger partial charge is 0.497 e. The van der Waals surface area contributed by atoms with Crippen molar-refractivity contribution in [3.8, 4) is 5.75 Å². The van der Waals surface area contributed by atoms with Crippen LogP contribution in [0.5, 0.6) is 5.75 Å². The van der Waals surface area contributed by atoms with Gasteiger partial charge in [-0.1, -0.05) is 37.6 Å². The minimum Gasteiger partial charge on any atom is -0.497 e. The van der Waals surface area contributed by atoms with Crippen molar-refractivity contribution in [1.82, 2.24) is 0 Å². The molecular weight excluding hydrogens is 240 g/mol. The number of benzene rings is 1. The molecule has 0 aliphatic heterocycles. The molecule has 0 aliphatic rings. The molecule has 19 heavy (non-hydrogen) atoms. The molecule has 0 bridgehead atoms. The number of ether oxygens (including phenoxy) is 1. The van der Waals surface area contributed by atoms with Gasteiger partial charge in [-0.2, -0.15) is 0 Å². The van der Waals surface area contributed by atoms with Gasteiger partial charge in [0, 0.05) is 6.08 Å². The molecule has 1 aromatic carbocycles. The molecule has 0 amide bonds. The standard InChI is InChI=1S/C16H20O3/c1-3-4-6-13(7-5-8-16(17)18)14-9-11-15(19-2)12-10-14/h5,7-12H,3-4,6H2,1-2H3,(H,17,18). The Kier molecular flexibility index (Phi) is 6.44. The van der Waals surface area contributed by atoms with Crippen LogP contribution in [0.4, 0.5) is 0 Å². The monoisotopic (exact) mass is 260 g/mol. The van der Waals surface area contributed by atoms with E-state index in [4.69, 9.17) is 9.84 Å². The predicted octanol–water partition coefficient (Wildman–Crippen LogP) is 3.91. The average molecular weight is 260 g/mol. The lowest BCUT2D eigenvalue weighted by atomic mass is 9.99. The van der Waals surface area contributed by atoms with Crippen molar-refractivity contribution in [3.05, 3.63) is 48.1 Å². The first kappa shape index (κ1) is 15.0. The second-order valence-corrected chi connectivity index (χ2v) is 4.22. The van der Waals surface area contributed by atoms with E-state index < -0.39 is 5.97 Å². The molecule has 3 nitrogen and oxygen atoms in total. The number of unbranched alkanes of at least 4 members (excludes halogenated alkanes) is 1. The zero-order chi connectivity index (χ0) is 14.1. The van der Waals surface area contributed by atoms with Crippen LogP contribution in [-0.2, 0) is 4.79 Å². The topological polar surface area (TPSA) is 46.5 Å². The van der Waals surface area contributed by atoms with Crippen molar-refractivity contribution < 1.29 is 14.6 Å². The first-order chi connectivity index (χ1) is 9.17. The Hall–Kier alpha value is -2.03. The minimum atomic E-state index is -0.930. The summed E-state index contributed by atoms with van der Waals surface area (Å²) in [6, 6.07) is 7.82. The van der Waals surface area contributed by atoms with E-state index in [1.54, 1.807) is 13.2 Å². The molecule has 0 radical (unpaired) electrons. The van der Waals surface area contributed by atoms with Crippen LogP contribution in [0, 0.1) is 0 Å². The average Bonchev–Trinajstić information content (AvgIpc) is 2.42. The molecule has 0 spiro atoms. The van der Waals surface area contributed by atoms with E-state index in [1.165, 1.54) is 0 Å². The summed E-state index contributed by atoms with van der Waals surface area (Å²) in [6.07, 6.45) is 7.72. The summed E-state index contributed by atoms with van der Waals surface area (Å²) < 4.78 is 5.13. The second kappa shape index (κ2) is 8.14.